The van der Waals surface area contributed by atoms with Crippen molar-refractivity contribution >= 4 is 29.5 Å². The van der Waals surface area contributed by atoms with Crippen LogP contribution in [0.1, 0.15) is 84.0 Å². The van der Waals surface area contributed by atoms with Crippen LogP contribution in [0.2, 0.25) is 0 Å². The largest absolute Gasteiger partial charge is 0.461 e. The molecule has 9 nitrogen and oxygen atoms in total. The molecule has 2 saturated carbocycles. The van der Waals surface area contributed by atoms with Crippen molar-refractivity contribution in [3.63, 3.8) is 0 Å². The van der Waals surface area contributed by atoms with Crippen LogP contribution in [-0.2, 0) is 33.4 Å². The highest BCUT2D eigenvalue weighted by Gasteiger charge is 2.73. The molecule has 3 aliphatic carbocycles. The van der Waals surface area contributed by atoms with Gasteiger partial charge in [-0.05, 0) is 49.8 Å². The Labute approximate surface area is 240 Å². The minimum atomic E-state index is -2.13. The van der Waals surface area contributed by atoms with Gasteiger partial charge < -0.3 is 19.3 Å². The molecule has 4 rings (SSSR count). The second-order valence-corrected chi connectivity index (χ2v) is 12.7. The number of hydrogen-bond donors (Lipinski definition) is 1. The molecule has 0 aliphatic heterocycles. The van der Waals surface area contributed by atoms with Gasteiger partial charge in [-0.15, -0.1) is 0 Å². The SMILES string of the molecule is CCC[C@@]1(C)CC[C@@H]2[C@@]3(COC(=O)c4ccccc4)C=C(OC(C)=O)C(=O)C(C)(C)[C@@H]3C[C@@H](OC(C)=O)[C@@]2(O)C1=O. The van der Waals surface area contributed by atoms with Crippen molar-refractivity contribution in [1.82, 2.24) is 0 Å². The van der Waals surface area contributed by atoms with Crippen LogP contribution in [-0.4, -0.2) is 52.9 Å². The normalized spacial score (nSPS) is 34.0. The van der Waals surface area contributed by atoms with Crippen LogP contribution in [0.3, 0.4) is 0 Å². The minimum absolute atomic E-state index is 0.0357. The Kier molecular flexibility index (Phi) is 8.08. The molecule has 0 spiro atoms. The summed E-state index contributed by atoms with van der Waals surface area (Å²) >= 11 is 0. The van der Waals surface area contributed by atoms with Crippen molar-refractivity contribution in [2.24, 2.45) is 28.1 Å². The quantitative estimate of drug-likeness (QED) is 0.376. The van der Waals surface area contributed by atoms with E-state index in [2.05, 4.69) is 0 Å². The average Bonchev–Trinajstić information content (AvgIpc) is 2.90. The van der Waals surface area contributed by atoms with Gasteiger partial charge in [0.05, 0.1) is 5.56 Å². The van der Waals surface area contributed by atoms with E-state index in [1.54, 1.807) is 44.2 Å². The molecule has 2 fully saturated rings. The Morgan fingerprint density at radius 1 is 1.00 bits per heavy atom. The highest BCUT2D eigenvalue weighted by atomic mass is 16.6. The van der Waals surface area contributed by atoms with E-state index >= 15 is 0 Å². The van der Waals surface area contributed by atoms with E-state index in [0.717, 1.165) is 0 Å². The van der Waals surface area contributed by atoms with Gasteiger partial charge in [-0.3, -0.25) is 19.2 Å². The third-order valence-electron chi connectivity index (χ3n) is 9.57. The summed E-state index contributed by atoms with van der Waals surface area (Å²) in [6, 6.07) is 8.40. The van der Waals surface area contributed by atoms with Crippen LogP contribution >= 0.6 is 0 Å². The van der Waals surface area contributed by atoms with E-state index in [0.29, 0.717) is 31.2 Å². The maximum atomic E-state index is 14.3. The lowest BCUT2D eigenvalue weighted by Crippen LogP contribution is -2.73. The van der Waals surface area contributed by atoms with E-state index in [-0.39, 0.29) is 18.8 Å². The highest BCUT2D eigenvalue weighted by molar-refractivity contribution is 6.01. The zero-order chi connectivity index (χ0) is 30.4. The van der Waals surface area contributed by atoms with E-state index in [1.165, 1.54) is 19.9 Å². The van der Waals surface area contributed by atoms with Crippen LogP contribution in [0.25, 0.3) is 0 Å². The molecule has 6 atom stereocenters. The van der Waals surface area contributed by atoms with Crippen LogP contribution in [0.5, 0.6) is 0 Å². The maximum absolute atomic E-state index is 14.3. The van der Waals surface area contributed by atoms with Crippen molar-refractivity contribution in [2.45, 2.75) is 85.4 Å². The number of hydrogen-bond acceptors (Lipinski definition) is 9. The first-order chi connectivity index (χ1) is 19.1. The Bertz CT molecular complexity index is 1280. The van der Waals surface area contributed by atoms with Crippen molar-refractivity contribution in [3.8, 4) is 0 Å². The molecule has 0 bridgehead atoms. The molecule has 9 heteroatoms. The molecule has 1 N–H and O–H groups in total. The first-order valence-electron chi connectivity index (χ1n) is 14.3. The maximum Gasteiger partial charge on any atom is 0.338 e. The molecular formula is C32H40O9. The second-order valence-electron chi connectivity index (χ2n) is 12.7. The van der Waals surface area contributed by atoms with Crippen LogP contribution in [0.4, 0.5) is 0 Å². The van der Waals surface area contributed by atoms with Crippen LogP contribution in [0.15, 0.2) is 42.2 Å². The molecule has 222 valence electrons. The van der Waals surface area contributed by atoms with Gasteiger partial charge in [-0.25, -0.2) is 4.79 Å². The predicted molar refractivity (Wildman–Crippen MR) is 147 cm³/mol. The summed E-state index contributed by atoms with van der Waals surface area (Å²) in [5.74, 6) is -4.59. The summed E-state index contributed by atoms with van der Waals surface area (Å²) in [6.45, 7) is 9.30. The summed E-state index contributed by atoms with van der Waals surface area (Å²) < 4.78 is 17.0. The Balaban J connectivity index is 1.93. The lowest BCUT2D eigenvalue weighted by molar-refractivity contribution is -0.238. The number of allylic oxidation sites excluding steroid dienone is 1. The molecule has 0 amide bonds. The summed E-state index contributed by atoms with van der Waals surface area (Å²) in [7, 11) is 0. The highest BCUT2D eigenvalue weighted by Crippen LogP contribution is 2.65. The number of esters is 3. The fourth-order valence-corrected chi connectivity index (χ4v) is 7.75. The first-order valence-corrected chi connectivity index (χ1v) is 14.3. The average molecular weight is 569 g/mol. The van der Waals surface area contributed by atoms with Crippen molar-refractivity contribution in [3.05, 3.63) is 47.7 Å². The van der Waals surface area contributed by atoms with Gasteiger partial charge in [0, 0.05) is 36.0 Å². The number of carbonyl (C=O) groups is 5. The lowest BCUT2D eigenvalue weighted by Gasteiger charge is -2.64. The fourth-order valence-electron chi connectivity index (χ4n) is 7.75. The van der Waals surface area contributed by atoms with E-state index in [9.17, 15) is 29.1 Å². The fraction of sp³-hybridized carbons (Fsp3) is 0.594. The summed E-state index contributed by atoms with van der Waals surface area (Å²) in [6.07, 6.45) is 2.24. The monoisotopic (exact) mass is 568 g/mol. The third kappa shape index (κ3) is 5.02. The number of fused-ring (bicyclic) bond motifs is 3. The number of benzene rings is 1. The third-order valence-corrected chi connectivity index (χ3v) is 9.57. The summed E-state index contributed by atoms with van der Waals surface area (Å²) in [5.41, 5.74) is -5.16. The lowest BCUT2D eigenvalue weighted by atomic mass is 9.41. The summed E-state index contributed by atoms with van der Waals surface area (Å²) in [5, 5.41) is 12.5. The molecule has 0 saturated heterocycles. The number of ether oxygens (including phenoxy) is 3. The minimum Gasteiger partial charge on any atom is -0.461 e. The van der Waals surface area contributed by atoms with E-state index in [1.807, 2.05) is 13.8 Å². The zero-order valence-corrected chi connectivity index (χ0v) is 24.7. The standard InChI is InChI=1S/C32H40O9/c1-7-14-30(6)15-13-23-31(18-39-27(36)21-11-9-8-10-12-21)17-22(40-19(2)33)26(35)29(4,5)24(31)16-25(41-20(3)34)32(23,38)28(30)37/h8-12,17,23-25,38H,7,13-16,18H2,1-6H3/t23-,24+,25-,30+,31+,32-/m1/s1. The van der Waals surface area contributed by atoms with Gasteiger partial charge in [-0.1, -0.05) is 52.3 Å². The number of Topliss-reactive ketones (excluding diaryl/α,β-unsaturated/α-hetero) is 2. The number of carbonyl (C=O) groups excluding carboxylic acids is 5. The van der Waals surface area contributed by atoms with Gasteiger partial charge >= 0.3 is 17.9 Å². The van der Waals surface area contributed by atoms with Gasteiger partial charge in [0.15, 0.2) is 17.1 Å². The molecule has 0 heterocycles. The molecule has 3 aliphatic rings. The molecule has 41 heavy (non-hydrogen) atoms. The second kappa shape index (κ2) is 10.8. The van der Waals surface area contributed by atoms with E-state index in [4.69, 9.17) is 14.2 Å². The van der Waals surface area contributed by atoms with Crippen molar-refractivity contribution in [2.75, 3.05) is 6.61 Å². The molecule has 0 radical (unpaired) electrons. The Morgan fingerprint density at radius 2 is 1.66 bits per heavy atom. The topological polar surface area (TPSA) is 133 Å². The van der Waals surface area contributed by atoms with Gasteiger partial charge in [0.1, 0.15) is 12.7 Å². The molecule has 1 aromatic rings. The predicted octanol–water partition coefficient (Wildman–Crippen LogP) is 4.35. The number of ketones is 2. The van der Waals surface area contributed by atoms with Gasteiger partial charge in [-0.2, -0.15) is 0 Å². The van der Waals surface area contributed by atoms with Crippen molar-refractivity contribution in [1.29, 1.82) is 0 Å². The number of aliphatic hydroxyl groups is 1. The van der Waals surface area contributed by atoms with Crippen molar-refractivity contribution < 1.29 is 43.3 Å². The van der Waals surface area contributed by atoms with E-state index < -0.39 is 69.3 Å². The Morgan fingerprint density at radius 3 is 2.24 bits per heavy atom. The molecule has 1 aromatic carbocycles. The van der Waals surface area contributed by atoms with Gasteiger partial charge in [0.2, 0.25) is 5.78 Å². The molecule has 0 unspecified atom stereocenters. The Hall–Kier alpha value is -3.33. The zero-order valence-electron chi connectivity index (χ0n) is 24.7. The first kappa shape index (κ1) is 30.6. The van der Waals surface area contributed by atoms with Gasteiger partial charge in [0.25, 0.3) is 0 Å². The molecule has 0 aromatic heterocycles. The van der Waals surface area contributed by atoms with Crippen LogP contribution < -0.4 is 0 Å². The smallest absolute Gasteiger partial charge is 0.338 e. The summed E-state index contributed by atoms with van der Waals surface area (Å²) in [4.78, 5) is 65.5. The molecular weight excluding hydrogens is 528 g/mol. The van der Waals surface area contributed by atoms with Crippen LogP contribution in [0, 0.1) is 28.1 Å². The number of rotatable bonds is 7.